The fourth-order valence-electron chi connectivity index (χ4n) is 2.88. The van der Waals surface area contributed by atoms with Gasteiger partial charge in [0.1, 0.15) is 0 Å². The SMILES string of the molecule is O=C(NCCc1ccccc1C(F)(F)F)c1ccc(CNC(=O)c2cccs2)cc1. The Morgan fingerprint density at radius 2 is 1.60 bits per heavy atom. The molecule has 2 amide bonds. The molecule has 3 rings (SSSR count). The maximum Gasteiger partial charge on any atom is 0.416 e. The van der Waals surface area contributed by atoms with Crippen LogP contribution in [0, 0.1) is 0 Å². The molecular formula is C22H19F3N2O2S. The van der Waals surface area contributed by atoms with Crippen LogP contribution in [0.5, 0.6) is 0 Å². The number of amides is 2. The highest BCUT2D eigenvalue weighted by atomic mass is 32.1. The lowest BCUT2D eigenvalue weighted by atomic mass is 10.0. The number of benzene rings is 2. The zero-order valence-corrected chi connectivity index (χ0v) is 16.6. The maximum absolute atomic E-state index is 13.0. The molecule has 0 saturated heterocycles. The highest BCUT2D eigenvalue weighted by Crippen LogP contribution is 2.31. The standard InChI is InChI=1S/C22H19F3N2O2S/c23-22(24,25)18-5-2-1-4-16(18)11-12-26-20(28)17-9-7-15(8-10-17)14-27-21(29)19-6-3-13-30-19/h1-10,13H,11-12,14H2,(H,26,28)(H,27,29). The summed E-state index contributed by atoms with van der Waals surface area (Å²) in [6.07, 6.45) is -4.34. The first-order valence-electron chi connectivity index (χ1n) is 9.18. The molecule has 0 aliphatic rings. The largest absolute Gasteiger partial charge is 0.416 e. The smallest absolute Gasteiger partial charge is 0.352 e. The van der Waals surface area contributed by atoms with Crippen molar-refractivity contribution in [3.63, 3.8) is 0 Å². The first kappa shape index (κ1) is 21.6. The summed E-state index contributed by atoms with van der Waals surface area (Å²) in [6, 6.07) is 15.6. The molecule has 0 aliphatic carbocycles. The van der Waals surface area contributed by atoms with Crippen molar-refractivity contribution in [1.82, 2.24) is 10.6 Å². The van der Waals surface area contributed by atoms with E-state index in [1.165, 1.54) is 23.5 Å². The summed E-state index contributed by atoms with van der Waals surface area (Å²) in [4.78, 5) is 24.8. The van der Waals surface area contributed by atoms with Crippen molar-refractivity contribution in [2.45, 2.75) is 19.1 Å². The Labute approximate surface area is 175 Å². The van der Waals surface area contributed by atoms with Gasteiger partial charge in [-0.05, 0) is 47.2 Å². The van der Waals surface area contributed by atoms with Crippen molar-refractivity contribution in [3.05, 3.63) is 93.2 Å². The predicted octanol–water partition coefficient (Wildman–Crippen LogP) is 4.67. The van der Waals surface area contributed by atoms with Crippen molar-refractivity contribution in [3.8, 4) is 0 Å². The average molecular weight is 432 g/mol. The van der Waals surface area contributed by atoms with E-state index in [2.05, 4.69) is 10.6 Å². The second-order valence-corrected chi connectivity index (χ2v) is 7.47. The van der Waals surface area contributed by atoms with Crippen molar-refractivity contribution in [2.75, 3.05) is 6.54 Å². The van der Waals surface area contributed by atoms with Gasteiger partial charge in [-0.1, -0.05) is 36.4 Å². The zero-order valence-electron chi connectivity index (χ0n) is 15.8. The molecule has 0 aliphatic heterocycles. The van der Waals surface area contributed by atoms with Gasteiger partial charge < -0.3 is 10.6 Å². The van der Waals surface area contributed by atoms with Gasteiger partial charge in [-0.2, -0.15) is 13.2 Å². The number of nitrogens with one attached hydrogen (secondary N) is 2. The Hall–Kier alpha value is -3.13. The number of carbonyl (C=O) groups is 2. The number of alkyl halides is 3. The molecule has 2 N–H and O–H groups in total. The number of hydrogen-bond acceptors (Lipinski definition) is 3. The lowest BCUT2D eigenvalue weighted by molar-refractivity contribution is -0.138. The van der Waals surface area contributed by atoms with Gasteiger partial charge in [-0.3, -0.25) is 9.59 Å². The summed E-state index contributed by atoms with van der Waals surface area (Å²) in [5, 5.41) is 7.26. The molecule has 3 aromatic rings. The Balaban J connectivity index is 1.50. The van der Waals surface area contributed by atoms with E-state index >= 15 is 0 Å². The molecule has 0 spiro atoms. The fourth-order valence-corrected chi connectivity index (χ4v) is 3.52. The maximum atomic E-state index is 13.0. The van der Waals surface area contributed by atoms with E-state index in [0.717, 1.165) is 11.6 Å². The zero-order chi connectivity index (χ0) is 21.6. The molecule has 2 aromatic carbocycles. The van der Waals surface area contributed by atoms with Gasteiger partial charge in [0.15, 0.2) is 0 Å². The third-order valence-corrected chi connectivity index (χ3v) is 5.29. The molecule has 156 valence electrons. The molecule has 0 radical (unpaired) electrons. The monoisotopic (exact) mass is 432 g/mol. The average Bonchev–Trinajstić information content (AvgIpc) is 3.27. The summed E-state index contributed by atoms with van der Waals surface area (Å²) in [6.45, 7) is 0.414. The van der Waals surface area contributed by atoms with Crippen LogP contribution in [-0.4, -0.2) is 18.4 Å². The molecule has 0 atom stereocenters. The minimum absolute atomic E-state index is 0.0776. The van der Waals surface area contributed by atoms with Crippen molar-refractivity contribution in [1.29, 1.82) is 0 Å². The van der Waals surface area contributed by atoms with Crippen LogP contribution in [0.25, 0.3) is 0 Å². The van der Waals surface area contributed by atoms with Crippen LogP contribution in [0.4, 0.5) is 13.2 Å². The summed E-state index contributed by atoms with van der Waals surface area (Å²) in [7, 11) is 0. The van der Waals surface area contributed by atoms with Crippen LogP contribution in [0.3, 0.4) is 0 Å². The molecule has 0 bridgehead atoms. The number of carbonyl (C=O) groups excluding carboxylic acids is 2. The van der Waals surface area contributed by atoms with E-state index < -0.39 is 11.7 Å². The minimum atomic E-state index is -4.42. The Bertz CT molecular complexity index is 1000. The van der Waals surface area contributed by atoms with Crippen LogP contribution >= 0.6 is 11.3 Å². The van der Waals surface area contributed by atoms with Crippen LogP contribution < -0.4 is 10.6 Å². The molecule has 1 aromatic heterocycles. The fraction of sp³-hybridized carbons (Fsp3) is 0.182. The van der Waals surface area contributed by atoms with Gasteiger partial charge in [0.2, 0.25) is 0 Å². The highest BCUT2D eigenvalue weighted by Gasteiger charge is 2.32. The summed E-state index contributed by atoms with van der Waals surface area (Å²) in [5.41, 5.74) is 0.679. The first-order valence-corrected chi connectivity index (χ1v) is 10.1. The molecular weight excluding hydrogens is 413 g/mol. The van der Waals surface area contributed by atoms with Gasteiger partial charge in [-0.25, -0.2) is 0 Å². The topological polar surface area (TPSA) is 58.2 Å². The highest BCUT2D eigenvalue weighted by molar-refractivity contribution is 7.12. The van der Waals surface area contributed by atoms with Crippen molar-refractivity contribution >= 4 is 23.2 Å². The van der Waals surface area contributed by atoms with Gasteiger partial charge in [0.25, 0.3) is 11.8 Å². The number of halogens is 3. The first-order chi connectivity index (χ1) is 14.3. The predicted molar refractivity (Wildman–Crippen MR) is 109 cm³/mol. The second-order valence-electron chi connectivity index (χ2n) is 6.52. The second kappa shape index (κ2) is 9.58. The van der Waals surface area contributed by atoms with Crippen molar-refractivity contribution < 1.29 is 22.8 Å². The van der Waals surface area contributed by atoms with Gasteiger partial charge in [0.05, 0.1) is 10.4 Å². The third-order valence-electron chi connectivity index (χ3n) is 4.42. The van der Waals surface area contributed by atoms with Crippen LogP contribution in [0.1, 0.15) is 36.7 Å². The molecule has 8 heteroatoms. The third kappa shape index (κ3) is 5.70. The van der Waals surface area contributed by atoms with E-state index in [1.807, 2.05) is 5.38 Å². The molecule has 0 fully saturated rings. The van der Waals surface area contributed by atoms with Gasteiger partial charge in [0, 0.05) is 18.7 Å². The van der Waals surface area contributed by atoms with Gasteiger partial charge in [-0.15, -0.1) is 11.3 Å². The van der Waals surface area contributed by atoms with E-state index in [0.29, 0.717) is 17.0 Å². The van der Waals surface area contributed by atoms with E-state index in [-0.39, 0.29) is 30.3 Å². The lowest BCUT2D eigenvalue weighted by Gasteiger charge is -2.13. The quantitative estimate of drug-likeness (QED) is 0.570. The number of rotatable bonds is 7. The normalized spacial score (nSPS) is 11.2. The summed E-state index contributed by atoms with van der Waals surface area (Å²) < 4.78 is 39.0. The molecule has 0 saturated carbocycles. The van der Waals surface area contributed by atoms with E-state index in [4.69, 9.17) is 0 Å². The van der Waals surface area contributed by atoms with E-state index in [1.54, 1.807) is 42.5 Å². The van der Waals surface area contributed by atoms with Crippen LogP contribution in [-0.2, 0) is 19.1 Å². The Morgan fingerprint density at radius 3 is 2.27 bits per heavy atom. The lowest BCUT2D eigenvalue weighted by Crippen LogP contribution is -2.26. The molecule has 4 nitrogen and oxygen atoms in total. The summed E-state index contributed by atoms with van der Waals surface area (Å²) >= 11 is 1.35. The number of thiophene rings is 1. The number of hydrogen-bond donors (Lipinski definition) is 2. The summed E-state index contributed by atoms with van der Waals surface area (Å²) in [5.74, 6) is -0.528. The molecule has 30 heavy (non-hydrogen) atoms. The Morgan fingerprint density at radius 1 is 0.867 bits per heavy atom. The molecule has 0 unspecified atom stereocenters. The van der Waals surface area contributed by atoms with Crippen LogP contribution in [0.2, 0.25) is 0 Å². The van der Waals surface area contributed by atoms with Crippen LogP contribution in [0.15, 0.2) is 66.0 Å². The molecule has 1 heterocycles. The Kier molecular flexibility index (Phi) is 6.89. The van der Waals surface area contributed by atoms with Gasteiger partial charge >= 0.3 is 6.18 Å². The van der Waals surface area contributed by atoms with E-state index in [9.17, 15) is 22.8 Å². The minimum Gasteiger partial charge on any atom is -0.352 e. The van der Waals surface area contributed by atoms with Crippen molar-refractivity contribution in [2.24, 2.45) is 0 Å².